The average molecular weight is 494 g/mol. The number of anilines is 1. The molecule has 1 atom stereocenters. The first-order chi connectivity index (χ1) is 16.9. The van der Waals surface area contributed by atoms with Gasteiger partial charge in [-0.15, -0.1) is 0 Å². The maximum Gasteiger partial charge on any atom is 0.272 e. The summed E-state index contributed by atoms with van der Waals surface area (Å²) in [4.78, 5) is 29.8. The van der Waals surface area contributed by atoms with Crippen molar-refractivity contribution in [3.63, 3.8) is 0 Å². The molecule has 0 aliphatic rings. The van der Waals surface area contributed by atoms with Crippen molar-refractivity contribution in [3.05, 3.63) is 95.0 Å². The third-order valence-electron chi connectivity index (χ3n) is 5.08. The van der Waals surface area contributed by atoms with Gasteiger partial charge in [0.15, 0.2) is 5.69 Å². The van der Waals surface area contributed by atoms with Gasteiger partial charge in [0.2, 0.25) is 0 Å². The summed E-state index contributed by atoms with van der Waals surface area (Å²) in [6, 6.07) is 17.1. The number of aliphatic hydroxyl groups excluding tert-OH is 1. The molecule has 0 aliphatic carbocycles. The van der Waals surface area contributed by atoms with E-state index in [2.05, 4.69) is 20.7 Å². The minimum absolute atomic E-state index is 0.0415. The lowest BCUT2D eigenvalue weighted by molar-refractivity contribution is 0.0916. The smallest absolute Gasteiger partial charge is 0.272 e. The van der Waals surface area contributed by atoms with Gasteiger partial charge in [-0.1, -0.05) is 35.9 Å². The summed E-state index contributed by atoms with van der Waals surface area (Å²) in [5, 5.41) is 19.1. The van der Waals surface area contributed by atoms with E-state index in [1.54, 1.807) is 37.3 Å². The molecule has 2 aromatic heterocycles. The number of aliphatic hydroxyl groups is 1. The standard InChI is InChI=1S/C25H21ClFN5O3/c1-15(14-33)29-25(35)21-13-22(32(31-21)17-6-3-2-4-7-17)30-24(34)18-12-16(9-10-19(18)26)23-20(27)8-5-11-28-23/h2-13,15,33H,14H2,1H3,(H,29,35)(H,30,34)/t15-/m1/s1. The highest BCUT2D eigenvalue weighted by Gasteiger charge is 2.20. The normalized spacial score (nSPS) is 11.7. The lowest BCUT2D eigenvalue weighted by atomic mass is 10.1. The number of para-hydroxylation sites is 1. The molecule has 0 saturated carbocycles. The van der Waals surface area contributed by atoms with Gasteiger partial charge in [-0.25, -0.2) is 9.07 Å². The number of carbonyl (C=O) groups excluding carboxylic acids is 2. The molecule has 0 saturated heterocycles. The Balaban J connectivity index is 1.69. The van der Waals surface area contributed by atoms with Crippen LogP contribution in [0.25, 0.3) is 16.9 Å². The number of aromatic nitrogens is 3. The van der Waals surface area contributed by atoms with Gasteiger partial charge in [-0.2, -0.15) is 5.10 Å². The maximum absolute atomic E-state index is 14.2. The van der Waals surface area contributed by atoms with E-state index in [1.807, 2.05) is 6.07 Å². The Morgan fingerprint density at radius 1 is 1.09 bits per heavy atom. The molecule has 2 heterocycles. The summed E-state index contributed by atoms with van der Waals surface area (Å²) in [6.07, 6.45) is 1.45. The molecule has 35 heavy (non-hydrogen) atoms. The van der Waals surface area contributed by atoms with Crippen LogP contribution in [0.15, 0.2) is 72.9 Å². The zero-order chi connectivity index (χ0) is 24.9. The zero-order valence-electron chi connectivity index (χ0n) is 18.6. The Labute approximate surface area is 205 Å². The summed E-state index contributed by atoms with van der Waals surface area (Å²) in [7, 11) is 0. The number of hydrogen-bond acceptors (Lipinski definition) is 5. The second kappa shape index (κ2) is 10.5. The largest absolute Gasteiger partial charge is 0.394 e. The molecule has 178 valence electrons. The van der Waals surface area contributed by atoms with E-state index in [0.717, 1.165) is 0 Å². The number of benzene rings is 2. The van der Waals surface area contributed by atoms with Crippen molar-refractivity contribution in [1.29, 1.82) is 0 Å². The molecule has 10 heteroatoms. The monoisotopic (exact) mass is 493 g/mol. The minimum atomic E-state index is -0.582. The topological polar surface area (TPSA) is 109 Å². The first-order valence-electron chi connectivity index (χ1n) is 10.7. The van der Waals surface area contributed by atoms with Crippen LogP contribution in [0.4, 0.5) is 10.2 Å². The summed E-state index contributed by atoms with van der Waals surface area (Å²) < 4.78 is 15.6. The van der Waals surface area contributed by atoms with Crippen LogP contribution in [0.5, 0.6) is 0 Å². The van der Waals surface area contributed by atoms with E-state index >= 15 is 0 Å². The number of halogens is 2. The molecule has 8 nitrogen and oxygen atoms in total. The number of pyridine rings is 1. The summed E-state index contributed by atoms with van der Waals surface area (Å²) >= 11 is 6.29. The Kier molecular flexibility index (Phi) is 7.19. The van der Waals surface area contributed by atoms with Gasteiger partial charge in [-0.05, 0) is 43.3 Å². The third-order valence-corrected chi connectivity index (χ3v) is 5.41. The predicted molar refractivity (Wildman–Crippen MR) is 130 cm³/mol. The molecule has 0 radical (unpaired) electrons. The maximum atomic E-state index is 14.2. The van der Waals surface area contributed by atoms with Crippen molar-refractivity contribution >= 4 is 29.2 Å². The lowest BCUT2D eigenvalue weighted by Gasteiger charge is -2.11. The van der Waals surface area contributed by atoms with Crippen LogP contribution >= 0.6 is 11.6 Å². The average Bonchev–Trinajstić information content (AvgIpc) is 3.29. The van der Waals surface area contributed by atoms with E-state index in [-0.39, 0.29) is 34.4 Å². The highest BCUT2D eigenvalue weighted by Crippen LogP contribution is 2.27. The molecule has 0 unspecified atom stereocenters. The van der Waals surface area contributed by atoms with Gasteiger partial charge in [0, 0.05) is 23.9 Å². The van der Waals surface area contributed by atoms with Crippen LogP contribution in [0.1, 0.15) is 27.8 Å². The first kappa shape index (κ1) is 24.1. The van der Waals surface area contributed by atoms with Crippen molar-refractivity contribution in [3.8, 4) is 16.9 Å². The molecule has 0 aliphatic heterocycles. The van der Waals surface area contributed by atoms with E-state index in [9.17, 15) is 19.1 Å². The summed E-state index contributed by atoms with van der Waals surface area (Å²) in [5.74, 6) is -1.41. The van der Waals surface area contributed by atoms with Crippen LogP contribution in [0, 0.1) is 5.82 Å². The van der Waals surface area contributed by atoms with E-state index < -0.39 is 23.7 Å². The van der Waals surface area contributed by atoms with Gasteiger partial charge >= 0.3 is 0 Å². The number of carbonyl (C=O) groups is 2. The van der Waals surface area contributed by atoms with Gasteiger partial charge in [0.25, 0.3) is 11.8 Å². The van der Waals surface area contributed by atoms with Crippen molar-refractivity contribution in [2.45, 2.75) is 13.0 Å². The van der Waals surface area contributed by atoms with Crippen molar-refractivity contribution in [2.75, 3.05) is 11.9 Å². The van der Waals surface area contributed by atoms with E-state index in [0.29, 0.717) is 11.3 Å². The fraction of sp³-hybridized carbons (Fsp3) is 0.120. The molecular weight excluding hydrogens is 473 g/mol. The highest BCUT2D eigenvalue weighted by molar-refractivity contribution is 6.34. The molecule has 2 amide bonds. The molecule has 2 aromatic carbocycles. The Morgan fingerprint density at radius 3 is 2.57 bits per heavy atom. The molecule has 0 bridgehead atoms. The molecule has 3 N–H and O–H groups in total. The van der Waals surface area contributed by atoms with Crippen LogP contribution in [-0.4, -0.2) is 44.3 Å². The van der Waals surface area contributed by atoms with E-state index in [4.69, 9.17) is 11.6 Å². The van der Waals surface area contributed by atoms with Crippen molar-refractivity contribution in [1.82, 2.24) is 20.1 Å². The Bertz CT molecular complexity index is 1380. The van der Waals surface area contributed by atoms with Crippen LogP contribution in [0.2, 0.25) is 5.02 Å². The fourth-order valence-corrected chi connectivity index (χ4v) is 3.52. The Morgan fingerprint density at radius 2 is 1.86 bits per heavy atom. The van der Waals surface area contributed by atoms with Gasteiger partial charge in [0.1, 0.15) is 17.3 Å². The number of rotatable bonds is 7. The SMILES string of the molecule is C[C@H](CO)NC(=O)c1cc(NC(=O)c2cc(-c3ncccc3F)ccc2Cl)n(-c2ccccc2)n1. The second-order valence-electron chi connectivity index (χ2n) is 7.70. The fourth-order valence-electron chi connectivity index (χ4n) is 3.32. The summed E-state index contributed by atoms with van der Waals surface area (Å²) in [5.41, 5.74) is 1.21. The quantitative estimate of drug-likeness (QED) is 0.359. The van der Waals surface area contributed by atoms with Crippen molar-refractivity contribution < 1.29 is 19.1 Å². The predicted octanol–water partition coefficient (Wildman–Crippen LogP) is 4.09. The molecule has 4 aromatic rings. The molecule has 4 rings (SSSR count). The minimum Gasteiger partial charge on any atom is -0.394 e. The number of hydrogen-bond donors (Lipinski definition) is 3. The number of amides is 2. The second-order valence-corrected chi connectivity index (χ2v) is 8.11. The number of nitrogens with one attached hydrogen (secondary N) is 2. The zero-order valence-corrected chi connectivity index (χ0v) is 19.3. The van der Waals surface area contributed by atoms with Crippen LogP contribution in [0.3, 0.4) is 0 Å². The van der Waals surface area contributed by atoms with E-state index in [1.165, 1.54) is 41.2 Å². The van der Waals surface area contributed by atoms with Gasteiger partial charge < -0.3 is 15.7 Å². The highest BCUT2D eigenvalue weighted by atomic mass is 35.5. The van der Waals surface area contributed by atoms with Crippen molar-refractivity contribution in [2.24, 2.45) is 0 Å². The third kappa shape index (κ3) is 5.37. The van der Waals surface area contributed by atoms with Crippen LogP contribution in [-0.2, 0) is 0 Å². The lowest BCUT2D eigenvalue weighted by Crippen LogP contribution is -2.35. The van der Waals surface area contributed by atoms with Gasteiger partial charge in [-0.3, -0.25) is 14.6 Å². The van der Waals surface area contributed by atoms with Gasteiger partial charge in [0.05, 0.1) is 22.9 Å². The van der Waals surface area contributed by atoms with Crippen LogP contribution < -0.4 is 10.6 Å². The first-order valence-corrected chi connectivity index (χ1v) is 11.0. The molecule has 0 spiro atoms. The Hall–Kier alpha value is -4.08. The molecule has 0 fully saturated rings. The summed E-state index contributed by atoms with van der Waals surface area (Å²) in [6.45, 7) is 1.41. The number of nitrogens with zero attached hydrogens (tertiary/aromatic N) is 3. The molecular formula is C25H21ClFN5O3.